The second-order valence-electron chi connectivity index (χ2n) is 9.43. The Morgan fingerprint density at radius 3 is 1.90 bits per heavy atom. The summed E-state index contributed by atoms with van der Waals surface area (Å²) >= 11 is 6.02. The van der Waals surface area contributed by atoms with Crippen molar-refractivity contribution in [2.45, 2.75) is 14.7 Å². The summed E-state index contributed by atoms with van der Waals surface area (Å²) in [5.41, 5.74) is -1.01. The number of methoxy groups -OCH3 is 1. The Hall–Kier alpha value is -2.03. The Balaban J connectivity index is 0.00000300. The third-order valence-corrected chi connectivity index (χ3v) is 8.97. The van der Waals surface area contributed by atoms with Gasteiger partial charge < -0.3 is 34.1 Å². The van der Waals surface area contributed by atoms with Crippen molar-refractivity contribution in [1.29, 1.82) is 0 Å². The smallest absolute Gasteiger partial charge is 0.744 e. The van der Waals surface area contributed by atoms with Crippen LogP contribution < -0.4 is 104 Å². The van der Waals surface area contributed by atoms with Crippen molar-refractivity contribution >= 4 is 87.4 Å². The molecule has 1 aromatic heterocycles. The molecular formula is C26H17ClN7Na3O11S3. The van der Waals surface area contributed by atoms with Crippen LogP contribution in [-0.4, -0.2) is 66.1 Å². The Morgan fingerprint density at radius 2 is 1.33 bits per heavy atom. The number of aromatic hydroxyl groups is 1. The normalized spacial score (nSPS) is 11.6. The topological polar surface area (TPSA) is 289 Å². The molecule has 0 saturated heterocycles. The molecule has 0 aliphatic rings. The zero-order chi connectivity index (χ0) is 35.0. The summed E-state index contributed by atoms with van der Waals surface area (Å²) < 4.78 is 111. The zero-order valence-electron chi connectivity index (χ0n) is 26.7. The van der Waals surface area contributed by atoms with Crippen LogP contribution in [0.2, 0.25) is 5.28 Å². The van der Waals surface area contributed by atoms with Crippen LogP contribution in [0.25, 0.3) is 10.8 Å². The number of aromatic nitrogens is 3. The molecule has 5 aromatic rings. The maximum atomic E-state index is 12.2. The SMILES string of the molecule is COc1ccc(N=Nc2c(S(=O)(=O)[O-])cc3cc(Nc4nc(Cl)nc(Nc5cccc(S(=O)(=O)[O-])c5)n4)ccc3c2O)c(S(=O)(=O)[O-])c1.[Na+].[Na+].[Na+]. The van der Waals surface area contributed by atoms with Gasteiger partial charge in [-0.2, -0.15) is 15.0 Å². The van der Waals surface area contributed by atoms with Gasteiger partial charge in [0.15, 0.2) is 5.75 Å². The van der Waals surface area contributed by atoms with Gasteiger partial charge in [-0.05, 0) is 77.7 Å². The molecule has 0 atom stereocenters. The van der Waals surface area contributed by atoms with Gasteiger partial charge in [-0.25, -0.2) is 25.3 Å². The standard InChI is InChI=1S/C26H20ClN7O11S3.3Na/c1-45-16-6-8-19(20(12-16)47(39,40)41)33-34-22-21(48(42,43)44)10-13-9-15(5-7-18(13)23(22)35)29-26-31-24(27)30-25(32-26)28-14-3-2-4-17(11-14)46(36,37)38;;;/h2-12,35H,1H3,(H,36,37,38)(H,39,40,41)(H,42,43,44)(H2,28,29,30,31,32);;;/q;3*+1/p-3. The Bertz CT molecular complexity index is 2480. The fourth-order valence-corrected chi connectivity index (χ4v) is 6.12. The third kappa shape index (κ3) is 11.2. The maximum Gasteiger partial charge on any atom is 1.00 e. The van der Waals surface area contributed by atoms with Crippen LogP contribution in [0.3, 0.4) is 0 Å². The number of benzene rings is 4. The third-order valence-electron chi connectivity index (χ3n) is 6.26. The van der Waals surface area contributed by atoms with Crippen molar-refractivity contribution in [3.8, 4) is 11.5 Å². The van der Waals surface area contributed by atoms with Gasteiger partial charge in [0.25, 0.3) is 0 Å². The average Bonchev–Trinajstić information content (AvgIpc) is 2.99. The molecular weight excluding hydrogens is 787 g/mol. The van der Waals surface area contributed by atoms with Crippen LogP contribution in [0.1, 0.15) is 0 Å². The number of anilines is 4. The summed E-state index contributed by atoms with van der Waals surface area (Å²) in [6.07, 6.45) is 0. The van der Waals surface area contributed by atoms with Crippen molar-refractivity contribution in [3.05, 3.63) is 72.0 Å². The predicted octanol–water partition coefficient (Wildman–Crippen LogP) is -4.98. The van der Waals surface area contributed by atoms with Gasteiger partial charge in [-0.15, -0.1) is 10.2 Å². The Labute approximate surface area is 361 Å². The number of nitrogens with one attached hydrogen (secondary N) is 2. The number of fused-ring (bicyclic) bond motifs is 1. The molecule has 3 N–H and O–H groups in total. The summed E-state index contributed by atoms with van der Waals surface area (Å²) in [5, 5.41) is 23.4. The molecule has 51 heavy (non-hydrogen) atoms. The molecule has 250 valence electrons. The van der Waals surface area contributed by atoms with Crippen LogP contribution in [0.4, 0.5) is 34.6 Å². The monoisotopic (exact) mass is 803 g/mol. The molecule has 5 rings (SSSR count). The van der Waals surface area contributed by atoms with Gasteiger partial charge in [0, 0.05) is 16.8 Å². The number of ether oxygens (including phenoxy) is 1. The number of nitrogens with zero attached hydrogens (tertiary/aromatic N) is 5. The molecule has 0 amide bonds. The molecule has 18 nitrogen and oxygen atoms in total. The molecule has 0 aliphatic carbocycles. The molecule has 0 fully saturated rings. The zero-order valence-corrected chi connectivity index (χ0v) is 35.9. The van der Waals surface area contributed by atoms with Crippen LogP contribution in [0.5, 0.6) is 11.5 Å². The van der Waals surface area contributed by atoms with E-state index in [0.29, 0.717) is 0 Å². The van der Waals surface area contributed by atoms with E-state index in [1.54, 1.807) is 0 Å². The first kappa shape index (κ1) is 45.1. The van der Waals surface area contributed by atoms with Crippen LogP contribution in [0, 0.1) is 0 Å². The van der Waals surface area contributed by atoms with Gasteiger partial charge in [0.2, 0.25) is 17.2 Å². The number of azo groups is 1. The van der Waals surface area contributed by atoms with Crippen molar-refractivity contribution < 1.29 is 137 Å². The van der Waals surface area contributed by atoms with E-state index in [2.05, 4.69) is 35.8 Å². The number of hydrogen-bond acceptors (Lipinski definition) is 18. The van der Waals surface area contributed by atoms with Crippen molar-refractivity contribution in [2.75, 3.05) is 17.7 Å². The first-order valence-corrected chi connectivity index (χ1v) is 17.4. The van der Waals surface area contributed by atoms with Gasteiger partial charge in [-0.3, -0.25) is 0 Å². The summed E-state index contributed by atoms with van der Waals surface area (Å²) in [6.45, 7) is 0. The number of hydrogen-bond donors (Lipinski definition) is 3. The second-order valence-corrected chi connectivity index (χ2v) is 13.8. The fraction of sp³-hybridized carbons (Fsp3) is 0.0385. The van der Waals surface area contributed by atoms with Crippen LogP contribution in [0.15, 0.2) is 91.6 Å². The van der Waals surface area contributed by atoms with E-state index >= 15 is 0 Å². The summed E-state index contributed by atoms with van der Waals surface area (Å²) in [4.78, 5) is 9.57. The Kier molecular flexibility index (Phi) is 15.8. The van der Waals surface area contributed by atoms with E-state index in [0.717, 1.165) is 30.3 Å². The average molecular weight is 804 g/mol. The van der Waals surface area contributed by atoms with Gasteiger partial charge in [-0.1, -0.05) is 6.07 Å². The number of rotatable bonds is 10. The van der Waals surface area contributed by atoms with Crippen molar-refractivity contribution in [1.82, 2.24) is 15.0 Å². The van der Waals surface area contributed by atoms with E-state index in [9.17, 15) is 44.0 Å². The molecule has 0 aliphatic heterocycles. The summed E-state index contributed by atoms with van der Waals surface area (Å²) in [6, 6.07) is 13.0. The van der Waals surface area contributed by atoms with Crippen molar-refractivity contribution in [2.24, 2.45) is 10.2 Å². The molecule has 4 aromatic carbocycles. The first-order valence-electron chi connectivity index (χ1n) is 12.8. The minimum absolute atomic E-state index is 0. The minimum atomic E-state index is -5.33. The van der Waals surface area contributed by atoms with E-state index in [1.807, 2.05) is 0 Å². The minimum Gasteiger partial charge on any atom is -0.744 e. The number of phenols is 1. The quantitative estimate of drug-likeness (QED) is 0.0677. The van der Waals surface area contributed by atoms with E-state index in [-0.39, 0.29) is 134 Å². The molecule has 0 bridgehead atoms. The van der Waals surface area contributed by atoms with Crippen LogP contribution in [-0.2, 0) is 30.4 Å². The summed E-state index contributed by atoms with van der Waals surface area (Å²) in [5.74, 6) is -1.12. The fourth-order valence-electron chi connectivity index (χ4n) is 4.17. The van der Waals surface area contributed by atoms with Gasteiger partial charge in [0.1, 0.15) is 47.5 Å². The number of halogens is 1. The first-order chi connectivity index (χ1) is 22.4. The van der Waals surface area contributed by atoms with Crippen molar-refractivity contribution in [3.63, 3.8) is 0 Å². The summed E-state index contributed by atoms with van der Waals surface area (Å²) in [7, 11) is -14.0. The largest absolute Gasteiger partial charge is 1.00 e. The molecule has 0 radical (unpaired) electrons. The molecule has 0 saturated carbocycles. The molecule has 0 spiro atoms. The molecule has 0 unspecified atom stereocenters. The number of phenolic OH excluding ortho intramolecular Hbond substituents is 1. The van der Waals surface area contributed by atoms with E-state index < -0.39 is 62.2 Å². The predicted molar refractivity (Wildman–Crippen MR) is 165 cm³/mol. The second kappa shape index (κ2) is 17.9. The molecule has 25 heteroatoms. The van der Waals surface area contributed by atoms with Gasteiger partial charge >= 0.3 is 88.7 Å². The molecule has 1 heterocycles. The van der Waals surface area contributed by atoms with Gasteiger partial charge in [0.05, 0.1) is 21.8 Å². The van der Waals surface area contributed by atoms with E-state index in [1.165, 1.54) is 43.5 Å². The van der Waals surface area contributed by atoms with E-state index in [4.69, 9.17) is 16.3 Å². The Morgan fingerprint density at radius 1 is 0.725 bits per heavy atom. The maximum absolute atomic E-state index is 12.2. The van der Waals surface area contributed by atoms with Crippen LogP contribution >= 0.6 is 11.6 Å².